The average Bonchev–Trinajstić information content (AvgIpc) is 3.36. The highest BCUT2D eigenvalue weighted by atomic mass is 19.1. The van der Waals surface area contributed by atoms with Gasteiger partial charge in [0.1, 0.15) is 17.1 Å². The van der Waals surface area contributed by atoms with E-state index in [1.807, 2.05) is 50.2 Å². The van der Waals surface area contributed by atoms with E-state index in [2.05, 4.69) is 13.8 Å². The molecule has 1 fully saturated rings. The van der Waals surface area contributed by atoms with Crippen LogP contribution in [-0.2, 0) is 4.79 Å². The Morgan fingerprint density at radius 3 is 2.35 bits per heavy atom. The Labute approximate surface area is 233 Å². The van der Waals surface area contributed by atoms with E-state index >= 15 is 0 Å². The molecule has 7 nitrogen and oxygen atoms in total. The Morgan fingerprint density at radius 1 is 1.00 bits per heavy atom. The van der Waals surface area contributed by atoms with Crippen LogP contribution in [0.5, 0.6) is 5.75 Å². The number of aromatic nitrogens is 1. The number of benzene rings is 2. The van der Waals surface area contributed by atoms with Crippen LogP contribution in [0.1, 0.15) is 56.7 Å². The molecule has 1 aliphatic rings. The summed E-state index contributed by atoms with van der Waals surface area (Å²) in [7, 11) is 0. The van der Waals surface area contributed by atoms with Gasteiger partial charge in [0, 0.05) is 36.8 Å². The molecule has 1 atom stereocenters. The number of fused-ring (bicyclic) bond motifs is 1. The monoisotopic (exact) mass is 543 g/mol. The van der Waals surface area contributed by atoms with Crippen LogP contribution in [0.3, 0.4) is 0 Å². The molecule has 0 saturated carbocycles. The molecule has 0 spiro atoms. The minimum Gasteiger partial charge on any atom is -0.481 e. The van der Waals surface area contributed by atoms with E-state index in [0.717, 1.165) is 11.1 Å². The van der Waals surface area contributed by atoms with Crippen molar-refractivity contribution in [3.05, 3.63) is 83.9 Å². The first-order valence-corrected chi connectivity index (χ1v) is 13.6. The lowest BCUT2D eigenvalue weighted by atomic mass is 9.97. The second-order valence-corrected chi connectivity index (χ2v) is 11.2. The van der Waals surface area contributed by atoms with Crippen molar-refractivity contribution in [3.8, 4) is 17.0 Å². The second-order valence-electron chi connectivity index (χ2n) is 11.2. The molecule has 1 unspecified atom stereocenters. The van der Waals surface area contributed by atoms with Crippen LogP contribution in [0.2, 0.25) is 0 Å². The van der Waals surface area contributed by atoms with Gasteiger partial charge in [0.05, 0.1) is 11.2 Å². The molecule has 0 radical (unpaired) electrons. The van der Waals surface area contributed by atoms with Crippen molar-refractivity contribution in [2.45, 2.75) is 52.2 Å². The number of pyridine rings is 1. The van der Waals surface area contributed by atoms with Gasteiger partial charge in [-0.25, -0.2) is 9.37 Å². The van der Waals surface area contributed by atoms with Gasteiger partial charge in [-0.05, 0) is 69.2 Å². The number of ether oxygens (including phenoxy) is 1. The quantitative estimate of drug-likeness (QED) is 0.286. The SMILES string of the molecule is CC(Oc1ccccc1)C(=O)N1CCN(C(=O)c2cc3nc(-c4ccc(F)cc4)cc(C(C)C)c3o2)C(C)(C)C1. The topological polar surface area (TPSA) is 75.9 Å². The van der Waals surface area contributed by atoms with Crippen LogP contribution >= 0.6 is 0 Å². The van der Waals surface area contributed by atoms with Gasteiger partial charge in [-0.3, -0.25) is 9.59 Å². The Balaban J connectivity index is 1.36. The maximum Gasteiger partial charge on any atom is 0.290 e. The van der Waals surface area contributed by atoms with Crippen LogP contribution in [-0.4, -0.2) is 57.9 Å². The molecule has 2 aromatic carbocycles. The molecular weight excluding hydrogens is 509 g/mol. The predicted octanol–water partition coefficient (Wildman–Crippen LogP) is 6.29. The van der Waals surface area contributed by atoms with Crippen LogP contribution < -0.4 is 4.74 Å². The molecule has 2 amide bonds. The van der Waals surface area contributed by atoms with Gasteiger partial charge in [-0.15, -0.1) is 0 Å². The Bertz CT molecular complexity index is 1530. The summed E-state index contributed by atoms with van der Waals surface area (Å²) in [5.41, 5.74) is 2.91. The number of hydrogen-bond acceptors (Lipinski definition) is 5. The van der Waals surface area contributed by atoms with Crippen molar-refractivity contribution >= 4 is 22.9 Å². The smallest absolute Gasteiger partial charge is 0.290 e. The fraction of sp³-hybridized carbons (Fsp3) is 0.344. The van der Waals surface area contributed by atoms with Crippen molar-refractivity contribution in [3.63, 3.8) is 0 Å². The minimum atomic E-state index is -0.647. The van der Waals surface area contributed by atoms with Gasteiger partial charge in [0.15, 0.2) is 17.4 Å². The van der Waals surface area contributed by atoms with Crippen molar-refractivity contribution in [1.82, 2.24) is 14.8 Å². The normalized spacial score (nSPS) is 15.9. The van der Waals surface area contributed by atoms with Gasteiger partial charge in [0.2, 0.25) is 0 Å². The standard InChI is InChI=1S/C32H34FN3O4/c1-20(2)25-17-26(22-11-13-23(33)14-12-22)34-27-18-28(40-29(25)27)31(38)36-16-15-35(19-32(36,4)5)30(37)21(3)39-24-9-7-6-8-10-24/h6-14,17-18,20-21H,15-16,19H2,1-5H3. The van der Waals surface area contributed by atoms with Gasteiger partial charge in [0.25, 0.3) is 11.8 Å². The number of para-hydroxylation sites is 1. The second kappa shape index (κ2) is 10.8. The number of nitrogens with zero attached hydrogens (tertiary/aromatic N) is 3. The number of amides is 2. The van der Waals surface area contributed by atoms with Gasteiger partial charge < -0.3 is 19.0 Å². The first kappa shape index (κ1) is 27.4. The third-order valence-electron chi connectivity index (χ3n) is 7.34. The maximum atomic E-state index is 13.7. The molecule has 0 aliphatic carbocycles. The fourth-order valence-corrected chi connectivity index (χ4v) is 5.21. The summed E-state index contributed by atoms with van der Waals surface area (Å²) in [4.78, 5) is 35.2. The lowest BCUT2D eigenvalue weighted by Crippen LogP contribution is -2.63. The molecule has 1 aliphatic heterocycles. The summed E-state index contributed by atoms with van der Waals surface area (Å²) >= 11 is 0. The third kappa shape index (κ3) is 5.43. The van der Waals surface area contributed by atoms with Crippen molar-refractivity contribution in [2.24, 2.45) is 0 Å². The zero-order valence-corrected chi connectivity index (χ0v) is 23.5. The largest absolute Gasteiger partial charge is 0.481 e. The van der Waals surface area contributed by atoms with Gasteiger partial charge >= 0.3 is 0 Å². The molecule has 0 bridgehead atoms. The van der Waals surface area contributed by atoms with Crippen LogP contribution in [0.25, 0.3) is 22.4 Å². The predicted molar refractivity (Wildman–Crippen MR) is 152 cm³/mol. The Morgan fingerprint density at radius 2 is 1.70 bits per heavy atom. The van der Waals surface area contributed by atoms with E-state index in [4.69, 9.17) is 14.1 Å². The number of carbonyl (C=O) groups excluding carboxylic acids is 2. The van der Waals surface area contributed by atoms with Crippen LogP contribution in [0, 0.1) is 5.82 Å². The lowest BCUT2D eigenvalue weighted by Gasteiger charge is -2.47. The molecule has 4 aromatic rings. The summed E-state index contributed by atoms with van der Waals surface area (Å²) in [5, 5.41) is 0. The molecular formula is C32H34FN3O4. The summed E-state index contributed by atoms with van der Waals surface area (Å²) in [6, 6.07) is 19.1. The highest BCUT2D eigenvalue weighted by molar-refractivity contribution is 5.97. The molecule has 208 valence electrons. The molecule has 5 rings (SSSR count). The number of carbonyl (C=O) groups is 2. The number of hydrogen-bond donors (Lipinski definition) is 0. The number of furan rings is 1. The number of halogens is 1. The zero-order valence-electron chi connectivity index (χ0n) is 23.5. The van der Waals surface area contributed by atoms with Gasteiger partial charge in [-0.1, -0.05) is 32.0 Å². The summed E-state index contributed by atoms with van der Waals surface area (Å²) in [5.74, 6) is 0.277. The highest BCUT2D eigenvalue weighted by Crippen LogP contribution is 2.33. The summed E-state index contributed by atoms with van der Waals surface area (Å²) < 4.78 is 25.5. The Kier molecular flexibility index (Phi) is 7.36. The molecule has 2 aromatic heterocycles. The zero-order chi connectivity index (χ0) is 28.6. The summed E-state index contributed by atoms with van der Waals surface area (Å²) in [6.45, 7) is 10.8. The highest BCUT2D eigenvalue weighted by Gasteiger charge is 2.41. The van der Waals surface area contributed by atoms with E-state index in [1.54, 1.807) is 34.9 Å². The van der Waals surface area contributed by atoms with Crippen molar-refractivity contribution < 1.29 is 23.1 Å². The van der Waals surface area contributed by atoms with E-state index in [1.165, 1.54) is 12.1 Å². The molecule has 40 heavy (non-hydrogen) atoms. The number of piperazine rings is 1. The van der Waals surface area contributed by atoms with Crippen LogP contribution in [0.15, 0.2) is 71.1 Å². The third-order valence-corrected chi connectivity index (χ3v) is 7.34. The lowest BCUT2D eigenvalue weighted by molar-refractivity contribution is -0.142. The fourth-order valence-electron chi connectivity index (χ4n) is 5.21. The maximum absolute atomic E-state index is 13.7. The van der Waals surface area contributed by atoms with E-state index in [-0.39, 0.29) is 29.3 Å². The van der Waals surface area contributed by atoms with E-state index < -0.39 is 11.6 Å². The van der Waals surface area contributed by atoms with Crippen molar-refractivity contribution in [1.29, 1.82) is 0 Å². The first-order valence-electron chi connectivity index (χ1n) is 13.6. The van der Waals surface area contributed by atoms with Crippen LogP contribution in [0.4, 0.5) is 4.39 Å². The number of rotatable bonds is 6. The molecule has 1 saturated heterocycles. The average molecular weight is 544 g/mol. The molecule has 0 N–H and O–H groups in total. The Hall–Kier alpha value is -4.20. The van der Waals surface area contributed by atoms with E-state index in [0.29, 0.717) is 42.2 Å². The van der Waals surface area contributed by atoms with E-state index in [9.17, 15) is 14.0 Å². The van der Waals surface area contributed by atoms with Crippen molar-refractivity contribution in [2.75, 3.05) is 19.6 Å². The van der Waals surface area contributed by atoms with Gasteiger partial charge in [-0.2, -0.15) is 0 Å². The molecule has 3 heterocycles. The minimum absolute atomic E-state index is 0.116. The molecule has 8 heteroatoms. The first-order chi connectivity index (χ1) is 19.0. The summed E-state index contributed by atoms with van der Waals surface area (Å²) in [6.07, 6.45) is -0.647.